The number of ether oxygens (including phenoxy) is 1. The molecule has 0 aliphatic carbocycles. The molecule has 0 aliphatic rings. The highest BCUT2D eigenvalue weighted by Gasteiger charge is 2.03. The molecular weight excluding hydrogens is 330 g/mol. The molecule has 0 saturated carbocycles. The fourth-order valence-electron chi connectivity index (χ4n) is 1.73. The van der Waals surface area contributed by atoms with Gasteiger partial charge in [0.2, 0.25) is 0 Å². The maximum Gasteiger partial charge on any atom is 0.331 e. The molecule has 0 atom stereocenters. The van der Waals surface area contributed by atoms with E-state index in [0.717, 1.165) is 10.0 Å². The molecule has 2 rings (SSSR count). The van der Waals surface area contributed by atoms with Gasteiger partial charge in [0, 0.05) is 16.1 Å². The summed E-state index contributed by atoms with van der Waals surface area (Å²) in [7, 11) is 0. The van der Waals surface area contributed by atoms with E-state index in [0.29, 0.717) is 11.1 Å². The van der Waals surface area contributed by atoms with Crippen LogP contribution in [-0.2, 0) is 16.1 Å². The van der Waals surface area contributed by atoms with Crippen LogP contribution in [0.2, 0.25) is 0 Å². The van der Waals surface area contributed by atoms with Crippen LogP contribution in [0.15, 0.2) is 59.1 Å². The van der Waals surface area contributed by atoms with E-state index in [9.17, 15) is 4.79 Å². The van der Waals surface area contributed by atoms with Gasteiger partial charge in [0.15, 0.2) is 0 Å². The van der Waals surface area contributed by atoms with E-state index in [4.69, 9.17) is 10.00 Å². The summed E-state index contributed by atoms with van der Waals surface area (Å²) in [5, 5.41) is 8.95. The molecule has 0 amide bonds. The zero-order valence-corrected chi connectivity index (χ0v) is 12.7. The van der Waals surface area contributed by atoms with Gasteiger partial charge in [0.25, 0.3) is 0 Å². The van der Waals surface area contributed by atoms with Gasteiger partial charge in [-0.2, -0.15) is 5.26 Å². The number of benzene rings is 2. The van der Waals surface area contributed by atoms with Crippen LogP contribution in [0.4, 0.5) is 0 Å². The lowest BCUT2D eigenvalue weighted by Gasteiger charge is -2.03. The number of nitriles is 1. The lowest BCUT2D eigenvalue weighted by Crippen LogP contribution is -2.02. The lowest BCUT2D eigenvalue weighted by atomic mass is 10.1. The summed E-state index contributed by atoms with van der Waals surface area (Å²) in [5.41, 5.74) is 2.12. The van der Waals surface area contributed by atoms with E-state index in [1.807, 2.05) is 24.3 Å². The number of hydrogen-bond acceptors (Lipinski definition) is 3. The molecule has 0 unspecified atom stereocenters. The summed E-state index contributed by atoms with van der Waals surface area (Å²) in [5.74, 6) is -0.442. The summed E-state index contributed by atoms with van der Waals surface area (Å²) in [6.45, 7) is 0.0887. The van der Waals surface area contributed by atoms with Crippen LogP contribution in [0.5, 0.6) is 0 Å². The van der Waals surface area contributed by atoms with Crippen LogP contribution >= 0.6 is 15.9 Å². The molecule has 2 aromatic rings. The molecule has 0 N–H and O–H groups in total. The van der Waals surface area contributed by atoms with Crippen molar-refractivity contribution in [3.63, 3.8) is 0 Å². The number of halogens is 1. The molecule has 21 heavy (non-hydrogen) atoms. The maximum atomic E-state index is 11.7. The molecule has 2 aromatic carbocycles. The van der Waals surface area contributed by atoms with Gasteiger partial charge in [-0.05, 0) is 29.8 Å². The summed E-state index contributed by atoms with van der Waals surface area (Å²) >= 11 is 3.37. The van der Waals surface area contributed by atoms with Crippen LogP contribution in [-0.4, -0.2) is 5.97 Å². The van der Waals surface area contributed by atoms with Crippen molar-refractivity contribution in [1.82, 2.24) is 0 Å². The lowest BCUT2D eigenvalue weighted by molar-refractivity contribution is -0.138. The van der Waals surface area contributed by atoms with Crippen molar-refractivity contribution in [2.75, 3.05) is 0 Å². The van der Waals surface area contributed by atoms with Gasteiger partial charge in [0.05, 0.1) is 11.6 Å². The largest absolute Gasteiger partial charge is 0.458 e. The predicted molar refractivity (Wildman–Crippen MR) is 84.1 cm³/mol. The highest BCUT2D eigenvalue weighted by molar-refractivity contribution is 9.10. The Morgan fingerprint density at radius 3 is 2.81 bits per heavy atom. The monoisotopic (exact) mass is 341 g/mol. The minimum Gasteiger partial charge on any atom is -0.458 e. The van der Waals surface area contributed by atoms with Crippen LogP contribution in [0.25, 0.3) is 6.08 Å². The van der Waals surface area contributed by atoms with Crippen molar-refractivity contribution in [1.29, 1.82) is 5.26 Å². The van der Waals surface area contributed by atoms with Crippen LogP contribution < -0.4 is 0 Å². The van der Waals surface area contributed by atoms with Crippen LogP contribution in [0, 0.1) is 11.3 Å². The van der Waals surface area contributed by atoms with Crippen molar-refractivity contribution < 1.29 is 9.53 Å². The van der Waals surface area contributed by atoms with E-state index < -0.39 is 5.97 Å². The van der Waals surface area contributed by atoms with Crippen molar-refractivity contribution in [3.8, 4) is 6.07 Å². The molecule has 0 aromatic heterocycles. The highest BCUT2D eigenvalue weighted by Crippen LogP contribution is 2.13. The number of carbonyl (C=O) groups is 1. The normalized spacial score (nSPS) is 10.3. The molecular formula is C17H12BrNO2. The second-order valence-corrected chi connectivity index (χ2v) is 5.18. The van der Waals surface area contributed by atoms with Gasteiger partial charge < -0.3 is 4.74 Å². The molecule has 4 heteroatoms. The predicted octanol–water partition coefficient (Wildman–Crippen LogP) is 4.08. The fraction of sp³-hybridized carbons (Fsp3) is 0.0588. The van der Waals surface area contributed by atoms with E-state index in [1.165, 1.54) is 6.08 Å². The van der Waals surface area contributed by atoms with Crippen LogP contribution in [0.3, 0.4) is 0 Å². The standard InChI is InChI=1S/C17H12BrNO2/c18-16-7-3-4-13(10-16)8-9-17(20)21-12-15-6-2-1-5-14(15)11-19/h1-10H,12H2. The SMILES string of the molecule is N#Cc1ccccc1COC(=O)C=Cc1cccc(Br)c1. The van der Waals surface area contributed by atoms with Crippen molar-refractivity contribution in [2.45, 2.75) is 6.61 Å². The minimum absolute atomic E-state index is 0.0887. The molecule has 0 bridgehead atoms. The topological polar surface area (TPSA) is 50.1 Å². The van der Waals surface area contributed by atoms with Gasteiger partial charge in [-0.1, -0.05) is 46.3 Å². The Labute approximate surface area is 131 Å². The van der Waals surface area contributed by atoms with E-state index in [-0.39, 0.29) is 6.61 Å². The van der Waals surface area contributed by atoms with Gasteiger partial charge in [-0.15, -0.1) is 0 Å². The molecule has 0 aliphatic heterocycles. The van der Waals surface area contributed by atoms with Crippen LogP contribution in [0.1, 0.15) is 16.7 Å². The maximum absolute atomic E-state index is 11.7. The molecule has 0 fully saturated rings. The quantitative estimate of drug-likeness (QED) is 0.621. The third-order valence-electron chi connectivity index (χ3n) is 2.77. The number of hydrogen-bond donors (Lipinski definition) is 0. The van der Waals surface area contributed by atoms with E-state index in [1.54, 1.807) is 30.3 Å². The number of nitrogens with zero attached hydrogens (tertiary/aromatic N) is 1. The van der Waals surface area contributed by atoms with Gasteiger partial charge >= 0.3 is 5.97 Å². The molecule has 0 heterocycles. The average molecular weight is 342 g/mol. The molecule has 0 radical (unpaired) electrons. The Morgan fingerprint density at radius 1 is 1.24 bits per heavy atom. The Hall–Kier alpha value is -2.38. The Kier molecular flexibility index (Phi) is 5.30. The van der Waals surface area contributed by atoms with Crippen molar-refractivity contribution in [3.05, 3.63) is 75.8 Å². The third kappa shape index (κ3) is 4.59. The molecule has 0 spiro atoms. The second-order valence-electron chi connectivity index (χ2n) is 4.27. The summed E-state index contributed by atoms with van der Waals surface area (Å²) in [4.78, 5) is 11.7. The summed E-state index contributed by atoms with van der Waals surface area (Å²) < 4.78 is 6.08. The fourth-order valence-corrected chi connectivity index (χ4v) is 2.14. The Bertz CT molecular complexity index is 717. The van der Waals surface area contributed by atoms with Crippen molar-refractivity contribution >= 4 is 28.0 Å². The van der Waals surface area contributed by atoms with E-state index >= 15 is 0 Å². The number of carbonyl (C=O) groups excluding carboxylic acids is 1. The number of rotatable bonds is 4. The van der Waals surface area contributed by atoms with Gasteiger partial charge in [0.1, 0.15) is 6.61 Å². The zero-order valence-electron chi connectivity index (χ0n) is 11.1. The highest BCUT2D eigenvalue weighted by atomic mass is 79.9. The minimum atomic E-state index is -0.442. The first-order valence-electron chi connectivity index (χ1n) is 6.27. The molecule has 104 valence electrons. The molecule has 3 nitrogen and oxygen atoms in total. The Balaban J connectivity index is 1.95. The zero-order chi connectivity index (χ0) is 15.1. The first-order chi connectivity index (χ1) is 10.2. The third-order valence-corrected chi connectivity index (χ3v) is 3.26. The van der Waals surface area contributed by atoms with Gasteiger partial charge in [-0.3, -0.25) is 0 Å². The van der Waals surface area contributed by atoms with E-state index in [2.05, 4.69) is 22.0 Å². The number of esters is 1. The van der Waals surface area contributed by atoms with Crippen molar-refractivity contribution in [2.24, 2.45) is 0 Å². The summed E-state index contributed by atoms with van der Waals surface area (Å²) in [6.07, 6.45) is 3.06. The second kappa shape index (κ2) is 7.41. The average Bonchev–Trinajstić information content (AvgIpc) is 2.51. The smallest absolute Gasteiger partial charge is 0.331 e. The first kappa shape index (κ1) is 15.0. The summed E-state index contributed by atoms with van der Waals surface area (Å²) in [6, 6.07) is 16.7. The Morgan fingerprint density at radius 2 is 2.05 bits per heavy atom. The molecule has 0 saturated heterocycles. The first-order valence-corrected chi connectivity index (χ1v) is 7.07. The van der Waals surface area contributed by atoms with Gasteiger partial charge in [-0.25, -0.2) is 4.79 Å².